The molecule has 0 aromatic heterocycles. The summed E-state index contributed by atoms with van der Waals surface area (Å²) in [6, 6.07) is 6.23. The van der Waals surface area contributed by atoms with E-state index < -0.39 is 5.97 Å². The number of carbonyl (C=O) groups excluding carboxylic acids is 1. The molecule has 2 N–H and O–H groups in total. The predicted octanol–water partition coefficient (Wildman–Crippen LogP) is 3.15. The Morgan fingerprint density at radius 2 is 2.05 bits per heavy atom. The van der Waals surface area contributed by atoms with Gasteiger partial charge >= 0.3 is 5.97 Å². The highest BCUT2D eigenvalue weighted by molar-refractivity contribution is 5.92. The summed E-state index contributed by atoms with van der Waals surface area (Å²) < 4.78 is 0. The first-order valence-electron chi connectivity index (χ1n) is 7.28. The van der Waals surface area contributed by atoms with Gasteiger partial charge in [0, 0.05) is 18.5 Å². The van der Waals surface area contributed by atoms with Crippen LogP contribution in [0.25, 0.3) is 0 Å². The molecule has 1 aliphatic heterocycles. The van der Waals surface area contributed by atoms with E-state index >= 15 is 0 Å². The number of carboxylic acids is 1. The third-order valence-electron chi connectivity index (χ3n) is 3.65. The molecular formula is C16H21NO3. The first-order chi connectivity index (χ1) is 9.65. The maximum atomic E-state index is 11.5. The van der Waals surface area contributed by atoms with Gasteiger partial charge in [-0.1, -0.05) is 18.6 Å². The van der Waals surface area contributed by atoms with Crippen molar-refractivity contribution in [1.82, 2.24) is 0 Å². The number of rotatable bonds is 6. The zero-order valence-corrected chi connectivity index (χ0v) is 11.7. The average molecular weight is 275 g/mol. The normalized spacial score (nSPS) is 14.3. The fourth-order valence-electron chi connectivity index (χ4n) is 2.57. The standard InChI is InChI=1S/C16H21NO3/c18-15-7-4-6-13-11-12(9-10-14(13)17-15)5-2-1-3-8-16(19)20/h9-11H,1-8H2,(H,17,18)(H,19,20). The number of anilines is 1. The Balaban J connectivity index is 1.86. The van der Waals surface area contributed by atoms with Gasteiger partial charge < -0.3 is 10.4 Å². The van der Waals surface area contributed by atoms with Crippen molar-refractivity contribution in [2.24, 2.45) is 0 Å². The summed E-state index contributed by atoms with van der Waals surface area (Å²) in [5.41, 5.74) is 3.44. The van der Waals surface area contributed by atoms with Gasteiger partial charge in [-0.05, 0) is 49.3 Å². The van der Waals surface area contributed by atoms with Crippen LogP contribution in [0.4, 0.5) is 5.69 Å². The van der Waals surface area contributed by atoms with Crippen molar-refractivity contribution in [2.75, 3.05) is 5.32 Å². The van der Waals surface area contributed by atoms with E-state index in [2.05, 4.69) is 17.4 Å². The molecule has 1 aromatic carbocycles. The summed E-state index contributed by atoms with van der Waals surface area (Å²) in [7, 11) is 0. The van der Waals surface area contributed by atoms with E-state index in [9.17, 15) is 9.59 Å². The highest BCUT2D eigenvalue weighted by atomic mass is 16.4. The lowest BCUT2D eigenvalue weighted by Crippen LogP contribution is -2.09. The minimum atomic E-state index is -0.717. The fourth-order valence-corrected chi connectivity index (χ4v) is 2.57. The van der Waals surface area contributed by atoms with Gasteiger partial charge in [-0.15, -0.1) is 0 Å². The first kappa shape index (κ1) is 14.6. The Labute approximate surface area is 119 Å². The van der Waals surface area contributed by atoms with Gasteiger partial charge in [0.1, 0.15) is 0 Å². The number of hydrogen-bond donors (Lipinski definition) is 2. The Bertz CT molecular complexity index is 496. The number of carboxylic acid groups (broad SMARTS) is 1. The van der Waals surface area contributed by atoms with Crippen LogP contribution in [0.2, 0.25) is 0 Å². The van der Waals surface area contributed by atoms with E-state index in [1.165, 1.54) is 11.1 Å². The minimum Gasteiger partial charge on any atom is -0.481 e. The molecule has 0 spiro atoms. The van der Waals surface area contributed by atoms with E-state index in [0.717, 1.165) is 44.2 Å². The molecule has 20 heavy (non-hydrogen) atoms. The highest BCUT2D eigenvalue weighted by Gasteiger charge is 2.12. The zero-order valence-electron chi connectivity index (χ0n) is 11.7. The topological polar surface area (TPSA) is 66.4 Å². The van der Waals surface area contributed by atoms with Crippen LogP contribution in [0, 0.1) is 0 Å². The summed E-state index contributed by atoms with van der Waals surface area (Å²) in [6.07, 6.45) is 6.38. The predicted molar refractivity (Wildman–Crippen MR) is 77.8 cm³/mol. The van der Waals surface area contributed by atoms with E-state index in [-0.39, 0.29) is 12.3 Å². The van der Waals surface area contributed by atoms with Crippen molar-refractivity contribution < 1.29 is 14.7 Å². The van der Waals surface area contributed by atoms with Gasteiger partial charge in [-0.2, -0.15) is 0 Å². The van der Waals surface area contributed by atoms with Gasteiger partial charge in [0.25, 0.3) is 0 Å². The molecule has 0 saturated heterocycles. The molecule has 4 heteroatoms. The first-order valence-corrected chi connectivity index (χ1v) is 7.28. The van der Waals surface area contributed by atoms with Crippen molar-refractivity contribution in [3.8, 4) is 0 Å². The van der Waals surface area contributed by atoms with Crippen molar-refractivity contribution in [3.63, 3.8) is 0 Å². The molecule has 4 nitrogen and oxygen atoms in total. The van der Waals surface area contributed by atoms with Gasteiger partial charge in [0.05, 0.1) is 0 Å². The maximum Gasteiger partial charge on any atom is 0.303 e. The van der Waals surface area contributed by atoms with Crippen LogP contribution in [0.5, 0.6) is 0 Å². The van der Waals surface area contributed by atoms with Crippen molar-refractivity contribution in [1.29, 1.82) is 0 Å². The molecular weight excluding hydrogens is 254 g/mol. The summed E-state index contributed by atoms with van der Waals surface area (Å²) >= 11 is 0. The van der Waals surface area contributed by atoms with Crippen molar-refractivity contribution in [2.45, 2.75) is 51.4 Å². The number of aryl methyl sites for hydroxylation is 2. The number of amides is 1. The molecule has 0 fully saturated rings. The van der Waals surface area contributed by atoms with Crippen LogP contribution in [0.15, 0.2) is 18.2 Å². The maximum absolute atomic E-state index is 11.5. The van der Waals surface area contributed by atoms with Crippen LogP contribution in [-0.2, 0) is 22.4 Å². The smallest absolute Gasteiger partial charge is 0.303 e. The average Bonchev–Trinajstić information content (AvgIpc) is 2.58. The molecule has 2 rings (SSSR count). The lowest BCUT2D eigenvalue weighted by atomic mass is 10.0. The molecule has 1 aromatic rings. The molecule has 1 amide bonds. The number of hydrogen-bond acceptors (Lipinski definition) is 2. The van der Waals surface area contributed by atoms with Gasteiger partial charge in [-0.25, -0.2) is 0 Å². The van der Waals surface area contributed by atoms with Crippen LogP contribution in [-0.4, -0.2) is 17.0 Å². The lowest BCUT2D eigenvalue weighted by Gasteiger charge is -2.09. The van der Waals surface area contributed by atoms with Crippen LogP contribution < -0.4 is 5.32 Å². The van der Waals surface area contributed by atoms with Gasteiger partial charge in [-0.3, -0.25) is 9.59 Å². The summed E-state index contributed by atoms with van der Waals surface area (Å²) in [5.74, 6) is -0.615. The SMILES string of the molecule is O=C(O)CCCCCc1ccc2c(c1)CCCC(=O)N2. The quantitative estimate of drug-likeness (QED) is 0.784. The third kappa shape index (κ3) is 4.37. The van der Waals surface area contributed by atoms with Crippen LogP contribution in [0.1, 0.15) is 49.7 Å². The number of nitrogens with one attached hydrogen (secondary N) is 1. The number of aliphatic carboxylic acids is 1. The van der Waals surface area contributed by atoms with Crippen LogP contribution >= 0.6 is 0 Å². The summed E-state index contributed by atoms with van der Waals surface area (Å²) in [6.45, 7) is 0. The molecule has 0 atom stereocenters. The van der Waals surface area contributed by atoms with E-state index in [0.29, 0.717) is 6.42 Å². The molecule has 108 valence electrons. The largest absolute Gasteiger partial charge is 0.481 e. The van der Waals surface area contributed by atoms with Crippen molar-refractivity contribution >= 4 is 17.6 Å². The summed E-state index contributed by atoms with van der Waals surface area (Å²) in [4.78, 5) is 21.9. The van der Waals surface area contributed by atoms with Crippen molar-refractivity contribution in [3.05, 3.63) is 29.3 Å². The second-order valence-corrected chi connectivity index (χ2v) is 5.35. The molecule has 0 bridgehead atoms. The number of carbonyl (C=O) groups is 2. The Morgan fingerprint density at radius 1 is 1.20 bits per heavy atom. The van der Waals surface area contributed by atoms with E-state index in [4.69, 9.17) is 5.11 Å². The molecule has 1 heterocycles. The Hall–Kier alpha value is -1.84. The second kappa shape index (κ2) is 7.08. The number of benzene rings is 1. The summed E-state index contributed by atoms with van der Waals surface area (Å²) in [5, 5.41) is 11.5. The Kier molecular flexibility index (Phi) is 5.16. The minimum absolute atomic E-state index is 0.102. The van der Waals surface area contributed by atoms with E-state index in [1.807, 2.05) is 6.07 Å². The van der Waals surface area contributed by atoms with Gasteiger partial charge in [0.2, 0.25) is 5.91 Å². The number of unbranched alkanes of at least 4 members (excludes halogenated alkanes) is 2. The Morgan fingerprint density at radius 3 is 2.85 bits per heavy atom. The second-order valence-electron chi connectivity index (χ2n) is 5.35. The monoisotopic (exact) mass is 275 g/mol. The van der Waals surface area contributed by atoms with E-state index in [1.54, 1.807) is 0 Å². The molecule has 0 saturated carbocycles. The molecule has 1 aliphatic rings. The molecule has 0 unspecified atom stereocenters. The third-order valence-corrected chi connectivity index (χ3v) is 3.65. The zero-order chi connectivity index (χ0) is 14.4. The van der Waals surface area contributed by atoms with Crippen LogP contribution in [0.3, 0.4) is 0 Å². The number of fused-ring (bicyclic) bond motifs is 1. The van der Waals surface area contributed by atoms with Gasteiger partial charge in [0.15, 0.2) is 0 Å². The fraction of sp³-hybridized carbons (Fsp3) is 0.500. The lowest BCUT2D eigenvalue weighted by molar-refractivity contribution is -0.137. The molecule has 0 radical (unpaired) electrons. The molecule has 0 aliphatic carbocycles. The highest BCUT2D eigenvalue weighted by Crippen LogP contribution is 2.24.